The van der Waals surface area contributed by atoms with Gasteiger partial charge in [-0.3, -0.25) is 9.69 Å². The summed E-state index contributed by atoms with van der Waals surface area (Å²) in [5.41, 5.74) is 3.82. The molecule has 174 valence electrons. The van der Waals surface area contributed by atoms with Crippen LogP contribution in [0.5, 0.6) is 0 Å². The normalized spacial score (nSPS) is 18.3. The van der Waals surface area contributed by atoms with E-state index in [0.29, 0.717) is 17.8 Å². The van der Waals surface area contributed by atoms with Gasteiger partial charge in [-0.25, -0.2) is 9.38 Å². The molecule has 0 unspecified atom stereocenters. The van der Waals surface area contributed by atoms with Gasteiger partial charge in [-0.1, -0.05) is 24.8 Å². The predicted octanol–water partition coefficient (Wildman–Crippen LogP) is 4.82. The van der Waals surface area contributed by atoms with Crippen molar-refractivity contribution in [3.63, 3.8) is 0 Å². The second-order valence-corrected chi connectivity index (χ2v) is 8.22. The molecule has 5 nitrogen and oxygen atoms in total. The summed E-state index contributed by atoms with van der Waals surface area (Å²) < 4.78 is 14.7. The molecule has 1 N–H and O–H groups in total. The fourth-order valence-electron chi connectivity index (χ4n) is 3.76. The van der Waals surface area contributed by atoms with Gasteiger partial charge in [0.15, 0.2) is 0 Å². The summed E-state index contributed by atoms with van der Waals surface area (Å²) in [5.74, 6) is -0.0878. The topological polar surface area (TPSA) is 47.9 Å². The lowest BCUT2D eigenvalue weighted by Gasteiger charge is -2.31. The van der Waals surface area contributed by atoms with E-state index in [1.807, 2.05) is 57.0 Å². The number of nitrogens with one attached hydrogen (secondary N) is 1. The summed E-state index contributed by atoms with van der Waals surface area (Å²) in [5, 5.41) is 2.73. The van der Waals surface area contributed by atoms with E-state index in [1.54, 1.807) is 6.07 Å². The molecule has 0 atom stereocenters. The number of piperidine rings is 1. The number of amides is 1. The van der Waals surface area contributed by atoms with E-state index in [0.717, 1.165) is 56.0 Å². The van der Waals surface area contributed by atoms with E-state index >= 15 is 0 Å². The average Bonchev–Trinajstić information content (AvgIpc) is 2.77. The Hall–Kier alpha value is -2.73. The highest BCUT2D eigenvalue weighted by atomic mass is 19.1. The van der Waals surface area contributed by atoms with Crippen LogP contribution in [-0.2, 0) is 4.79 Å². The number of halogens is 1. The summed E-state index contributed by atoms with van der Waals surface area (Å²) in [4.78, 5) is 19.5. The number of hydrogen-bond donors (Lipinski definition) is 1. The number of carbonyl (C=O) groups excluding carboxylic acids is 1. The van der Waals surface area contributed by atoms with Gasteiger partial charge in [0.2, 0.25) is 5.91 Å². The number of benzene rings is 1. The van der Waals surface area contributed by atoms with Gasteiger partial charge in [0, 0.05) is 31.9 Å². The van der Waals surface area contributed by atoms with Gasteiger partial charge >= 0.3 is 0 Å². The van der Waals surface area contributed by atoms with Crippen molar-refractivity contribution < 1.29 is 9.18 Å². The van der Waals surface area contributed by atoms with Crippen LogP contribution in [0.4, 0.5) is 10.1 Å². The van der Waals surface area contributed by atoms with Crippen LogP contribution in [0.15, 0.2) is 53.6 Å². The summed E-state index contributed by atoms with van der Waals surface area (Å²) >= 11 is 0. The fourth-order valence-corrected chi connectivity index (χ4v) is 3.76. The molecular weight excluding hydrogens is 403 g/mol. The zero-order chi connectivity index (χ0) is 23.5. The Kier molecular flexibility index (Phi) is 10.3. The molecule has 3 rings (SSSR count). The molecule has 2 heterocycles. The molecule has 2 saturated heterocycles. The maximum absolute atomic E-state index is 14.7. The number of likely N-dealkylation sites (N-methyl/N-ethyl adjacent to an activating group) is 1. The zero-order valence-electron chi connectivity index (χ0n) is 20.0. The van der Waals surface area contributed by atoms with E-state index < -0.39 is 0 Å². The molecule has 1 amide bonds. The fraction of sp³-hybridized carbons (Fsp3) is 0.462. The van der Waals surface area contributed by atoms with Gasteiger partial charge in [0.05, 0.1) is 23.5 Å². The lowest BCUT2D eigenvalue weighted by Crippen LogP contribution is -2.45. The molecule has 0 bridgehead atoms. The first-order valence-corrected chi connectivity index (χ1v) is 11.4. The van der Waals surface area contributed by atoms with Crippen molar-refractivity contribution in [3.8, 4) is 0 Å². The summed E-state index contributed by atoms with van der Waals surface area (Å²) in [6.45, 7) is 14.0. The summed E-state index contributed by atoms with van der Waals surface area (Å²) in [7, 11) is 1.94. The third kappa shape index (κ3) is 7.45. The number of carbonyl (C=O) groups is 1. The average molecular weight is 441 g/mol. The minimum Gasteiger partial charge on any atom is -0.371 e. The molecule has 0 spiro atoms. The van der Waals surface area contributed by atoms with Gasteiger partial charge in [0.1, 0.15) is 5.82 Å². The molecule has 2 fully saturated rings. The van der Waals surface area contributed by atoms with Crippen molar-refractivity contribution in [1.29, 1.82) is 0 Å². The monoisotopic (exact) mass is 440 g/mol. The van der Waals surface area contributed by atoms with Crippen LogP contribution in [0.1, 0.15) is 45.6 Å². The summed E-state index contributed by atoms with van der Waals surface area (Å²) in [6, 6.07) is 5.29. The maximum Gasteiger partial charge on any atom is 0.234 e. The minimum absolute atomic E-state index is 0.138. The quantitative estimate of drug-likeness (QED) is 0.668. The van der Waals surface area contributed by atoms with Gasteiger partial charge in [-0.15, -0.1) is 0 Å². The Morgan fingerprint density at radius 1 is 1.19 bits per heavy atom. The molecule has 2 aliphatic rings. The first kappa shape index (κ1) is 25.5. The molecule has 0 aliphatic carbocycles. The van der Waals surface area contributed by atoms with E-state index in [9.17, 15) is 9.18 Å². The molecule has 0 radical (unpaired) electrons. The lowest BCUT2D eigenvalue weighted by molar-refractivity contribution is -0.123. The highest BCUT2D eigenvalue weighted by Gasteiger charge is 2.19. The standard InChI is InChI=1S/C21H27FN2.C5H10N2O/c1-5-11-19(16(3)4)23-18(6-2)21-17(22)12-10-13-20(21)24-14-8-7-9-15-24;1-7-3-2-6-5(8)4-7/h5-6,10-13H,3,7-9,14-15H2,1-2,4H3;2-4H2,1H3,(H,6,8)/b11-5-,18-6+,23-19+;. The third-order valence-electron chi connectivity index (χ3n) is 5.45. The summed E-state index contributed by atoms with van der Waals surface area (Å²) in [6.07, 6.45) is 9.26. The van der Waals surface area contributed by atoms with Crippen molar-refractivity contribution in [2.75, 3.05) is 44.7 Å². The van der Waals surface area contributed by atoms with Gasteiger partial charge < -0.3 is 10.2 Å². The van der Waals surface area contributed by atoms with Crippen LogP contribution in [0, 0.1) is 5.82 Å². The van der Waals surface area contributed by atoms with E-state index in [4.69, 9.17) is 4.99 Å². The molecule has 0 saturated carbocycles. The van der Waals surface area contributed by atoms with E-state index in [-0.39, 0.29) is 11.7 Å². The number of aliphatic imine (C=N–C) groups is 1. The van der Waals surface area contributed by atoms with Crippen molar-refractivity contribution in [2.45, 2.75) is 40.0 Å². The Bertz CT molecular complexity index is 882. The molecule has 32 heavy (non-hydrogen) atoms. The Balaban J connectivity index is 0.000000380. The molecule has 2 aliphatic heterocycles. The molecule has 0 aromatic heterocycles. The van der Waals surface area contributed by atoms with Crippen LogP contribution in [0.25, 0.3) is 5.70 Å². The Morgan fingerprint density at radius 3 is 2.44 bits per heavy atom. The zero-order valence-corrected chi connectivity index (χ0v) is 20.0. The number of piperazine rings is 1. The smallest absolute Gasteiger partial charge is 0.234 e. The number of anilines is 1. The van der Waals surface area contributed by atoms with Gasteiger partial charge in [-0.2, -0.15) is 0 Å². The SMILES string of the molecule is C=C(C)C(/C=C\C)=N/C(=C/C)c1c(F)cccc1N1CCCCC1.CN1CCNC(=O)C1. The van der Waals surface area contributed by atoms with Crippen molar-refractivity contribution in [2.24, 2.45) is 4.99 Å². The second-order valence-electron chi connectivity index (χ2n) is 8.22. The van der Waals surface area contributed by atoms with Crippen molar-refractivity contribution in [3.05, 3.63) is 60.0 Å². The maximum atomic E-state index is 14.7. The first-order valence-electron chi connectivity index (χ1n) is 11.4. The number of rotatable bonds is 5. The lowest BCUT2D eigenvalue weighted by atomic mass is 10.0. The van der Waals surface area contributed by atoms with Crippen molar-refractivity contribution >= 4 is 23.0 Å². The number of nitrogens with zero attached hydrogens (tertiary/aromatic N) is 3. The Labute approximate surface area is 192 Å². The van der Waals surface area contributed by atoms with Gasteiger partial charge in [-0.05, 0) is 70.9 Å². The van der Waals surface area contributed by atoms with Gasteiger partial charge in [0.25, 0.3) is 0 Å². The highest BCUT2D eigenvalue weighted by Crippen LogP contribution is 2.32. The largest absolute Gasteiger partial charge is 0.371 e. The number of hydrogen-bond acceptors (Lipinski definition) is 4. The van der Waals surface area contributed by atoms with E-state index in [1.165, 1.54) is 12.5 Å². The predicted molar refractivity (Wildman–Crippen MR) is 134 cm³/mol. The molecule has 1 aromatic rings. The third-order valence-corrected chi connectivity index (χ3v) is 5.45. The molecule has 1 aromatic carbocycles. The molecular formula is C26H37FN4O. The van der Waals surface area contributed by atoms with Crippen LogP contribution in [-0.4, -0.2) is 56.3 Å². The van der Waals surface area contributed by atoms with Crippen LogP contribution < -0.4 is 10.2 Å². The van der Waals surface area contributed by atoms with Crippen LogP contribution in [0.2, 0.25) is 0 Å². The second kappa shape index (κ2) is 13.0. The van der Waals surface area contributed by atoms with Crippen LogP contribution in [0.3, 0.4) is 0 Å². The Morgan fingerprint density at radius 2 is 1.91 bits per heavy atom. The molecule has 6 heteroatoms. The van der Waals surface area contributed by atoms with Crippen LogP contribution >= 0.6 is 0 Å². The van der Waals surface area contributed by atoms with E-state index in [2.05, 4.69) is 16.8 Å². The highest BCUT2D eigenvalue weighted by molar-refractivity contribution is 6.10. The number of allylic oxidation sites excluding steroid dienone is 4. The minimum atomic E-state index is -0.225. The first-order chi connectivity index (χ1) is 15.4. The van der Waals surface area contributed by atoms with Crippen molar-refractivity contribution in [1.82, 2.24) is 10.2 Å².